The fourth-order valence-corrected chi connectivity index (χ4v) is 2.88. The van der Waals surface area contributed by atoms with Crippen molar-refractivity contribution in [2.45, 2.75) is 59.7 Å². The van der Waals surface area contributed by atoms with Crippen molar-refractivity contribution < 1.29 is 9.53 Å². The molecule has 1 aliphatic heterocycles. The molecule has 6 nitrogen and oxygen atoms in total. The van der Waals surface area contributed by atoms with Gasteiger partial charge >= 0.3 is 6.09 Å². The zero-order valence-electron chi connectivity index (χ0n) is 16.4. The van der Waals surface area contributed by atoms with Gasteiger partial charge in [0.05, 0.1) is 0 Å². The molecule has 0 aromatic carbocycles. The molecule has 0 bridgehead atoms. The summed E-state index contributed by atoms with van der Waals surface area (Å²) in [4.78, 5) is 21.2. The molecule has 0 unspecified atom stereocenters. The Morgan fingerprint density at radius 3 is 2.44 bits per heavy atom. The van der Waals surface area contributed by atoms with Crippen molar-refractivity contribution in [3.63, 3.8) is 0 Å². The third kappa shape index (κ3) is 5.88. The van der Waals surface area contributed by atoms with Crippen LogP contribution < -0.4 is 10.2 Å². The Morgan fingerprint density at radius 1 is 1.28 bits per heavy atom. The van der Waals surface area contributed by atoms with Crippen molar-refractivity contribution in [1.82, 2.24) is 15.2 Å². The minimum atomic E-state index is -0.487. The first-order valence-electron chi connectivity index (χ1n) is 9.07. The van der Waals surface area contributed by atoms with E-state index in [2.05, 4.69) is 46.9 Å². The predicted octanol–water partition coefficient (Wildman–Crippen LogP) is 2.95. The maximum atomic E-state index is 11.8. The van der Waals surface area contributed by atoms with Crippen LogP contribution in [0.4, 0.5) is 10.6 Å². The summed E-state index contributed by atoms with van der Waals surface area (Å²) < 4.78 is 5.26. The normalized spacial score (nSPS) is 16.2. The van der Waals surface area contributed by atoms with Crippen LogP contribution in [0.15, 0.2) is 12.3 Å². The van der Waals surface area contributed by atoms with Crippen molar-refractivity contribution in [2.75, 3.05) is 31.1 Å². The van der Waals surface area contributed by atoms with Crippen LogP contribution in [0.5, 0.6) is 0 Å². The first-order chi connectivity index (χ1) is 11.7. The summed E-state index contributed by atoms with van der Waals surface area (Å²) in [6, 6.07) is 2.70. The van der Waals surface area contributed by atoms with E-state index < -0.39 is 11.7 Å². The van der Waals surface area contributed by atoms with E-state index in [4.69, 9.17) is 4.74 Å². The van der Waals surface area contributed by atoms with Gasteiger partial charge in [0.25, 0.3) is 0 Å². The second-order valence-corrected chi connectivity index (χ2v) is 7.94. The van der Waals surface area contributed by atoms with Gasteiger partial charge in [-0.3, -0.25) is 4.90 Å². The zero-order chi connectivity index (χ0) is 18.6. The molecule has 0 saturated carbocycles. The molecule has 6 heteroatoms. The van der Waals surface area contributed by atoms with Crippen molar-refractivity contribution in [1.29, 1.82) is 0 Å². The van der Waals surface area contributed by atoms with Gasteiger partial charge in [0, 0.05) is 45.0 Å². The van der Waals surface area contributed by atoms with Gasteiger partial charge in [0.15, 0.2) is 0 Å². The second-order valence-electron chi connectivity index (χ2n) is 7.94. The van der Waals surface area contributed by atoms with E-state index in [1.807, 2.05) is 27.0 Å². The highest BCUT2D eigenvalue weighted by Gasteiger charge is 2.20. The fourth-order valence-electron chi connectivity index (χ4n) is 2.88. The zero-order valence-corrected chi connectivity index (χ0v) is 16.4. The van der Waals surface area contributed by atoms with E-state index in [-0.39, 0.29) is 0 Å². The first-order valence-corrected chi connectivity index (χ1v) is 9.07. The number of carbonyl (C=O) groups excluding carboxylic acids is 1. The van der Waals surface area contributed by atoms with Crippen molar-refractivity contribution in [3.05, 3.63) is 23.4 Å². The van der Waals surface area contributed by atoms with E-state index in [1.165, 1.54) is 0 Å². The van der Waals surface area contributed by atoms with Crippen LogP contribution in [0.1, 0.15) is 45.7 Å². The smallest absolute Gasteiger partial charge is 0.407 e. The lowest BCUT2D eigenvalue weighted by molar-refractivity contribution is 0.0523. The third-order valence-electron chi connectivity index (χ3n) is 4.40. The van der Waals surface area contributed by atoms with Gasteiger partial charge in [0.1, 0.15) is 11.4 Å². The van der Waals surface area contributed by atoms with Crippen molar-refractivity contribution >= 4 is 11.9 Å². The maximum absolute atomic E-state index is 11.8. The van der Waals surface area contributed by atoms with Crippen LogP contribution in [-0.4, -0.2) is 53.8 Å². The monoisotopic (exact) mass is 348 g/mol. The Labute approximate surface area is 151 Å². The molecule has 1 aromatic rings. The Bertz CT molecular complexity index is 588. The number of nitrogens with zero attached hydrogens (tertiary/aromatic N) is 3. The summed E-state index contributed by atoms with van der Waals surface area (Å²) in [5.74, 6) is 1.02. The third-order valence-corrected chi connectivity index (χ3v) is 4.40. The highest BCUT2D eigenvalue weighted by molar-refractivity contribution is 5.67. The number of hydrogen-bond donors (Lipinski definition) is 1. The van der Waals surface area contributed by atoms with Crippen LogP contribution in [-0.2, 0) is 11.3 Å². The van der Waals surface area contributed by atoms with Gasteiger partial charge in [-0.2, -0.15) is 0 Å². The number of piperazine rings is 1. The number of rotatable bonds is 4. The molecule has 2 rings (SSSR count). The SMILES string of the molecule is Cc1cc(N2CCN(C(C)C)CC2)ncc1CNC(=O)OC(C)(C)C. The molecule has 1 fully saturated rings. The molecule has 1 saturated heterocycles. The molecule has 1 amide bonds. The number of aromatic nitrogens is 1. The summed E-state index contributed by atoms with van der Waals surface area (Å²) in [6.07, 6.45) is 1.46. The van der Waals surface area contributed by atoms with E-state index in [0.29, 0.717) is 12.6 Å². The summed E-state index contributed by atoms with van der Waals surface area (Å²) in [5.41, 5.74) is 1.65. The van der Waals surface area contributed by atoms with E-state index in [9.17, 15) is 4.79 Å². The van der Waals surface area contributed by atoms with Gasteiger partial charge in [-0.05, 0) is 58.7 Å². The number of amides is 1. The molecule has 0 aliphatic carbocycles. The quantitative estimate of drug-likeness (QED) is 0.907. The summed E-state index contributed by atoms with van der Waals surface area (Å²) in [5, 5.41) is 2.79. The van der Waals surface area contributed by atoms with E-state index >= 15 is 0 Å². The molecule has 1 aromatic heterocycles. The number of anilines is 1. The van der Waals surface area contributed by atoms with Gasteiger partial charge in [-0.15, -0.1) is 0 Å². The average Bonchev–Trinajstić information content (AvgIpc) is 2.52. The number of carbonyl (C=O) groups is 1. The summed E-state index contributed by atoms with van der Waals surface area (Å²) in [7, 11) is 0. The number of nitrogens with one attached hydrogen (secondary N) is 1. The lowest BCUT2D eigenvalue weighted by atomic mass is 10.1. The Kier molecular flexibility index (Phi) is 6.27. The van der Waals surface area contributed by atoms with Gasteiger partial charge < -0.3 is 15.0 Å². The van der Waals surface area contributed by atoms with Crippen molar-refractivity contribution in [2.24, 2.45) is 0 Å². The minimum Gasteiger partial charge on any atom is -0.444 e. The highest BCUT2D eigenvalue weighted by atomic mass is 16.6. The molecular weight excluding hydrogens is 316 g/mol. The number of ether oxygens (including phenoxy) is 1. The predicted molar refractivity (Wildman–Crippen MR) is 101 cm³/mol. The molecule has 2 heterocycles. The molecule has 1 aliphatic rings. The van der Waals surface area contributed by atoms with Crippen LogP contribution in [0.2, 0.25) is 0 Å². The molecule has 140 valence electrons. The Hall–Kier alpha value is -1.82. The van der Waals surface area contributed by atoms with Gasteiger partial charge in [0.2, 0.25) is 0 Å². The minimum absolute atomic E-state index is 0.402. The van der Waals surface area contributed by atoms with Crippen molar-refractivity contribution in [3.8, 4) is 0 Å². The molecule has 25 heavy (non-hydrogen) atoms. The average molecular weight is 348 g/mol. The lowest BCUT2D eigenvalue weighted by Gasteiger charge is -2.37. The topological polar surface area (TPSA) is 57.7 Å². The Balaban J connectivity index is 1.91. The second kappa shape index (κ2) is 8.04. The summed E-state index contributed by atoms with van der Waals surface area (Å²) in [6.45, 7) is 16.7. The first kappa shape index (κ1) is 19.5. The standard InChI is InChI=1S/C19H32N4O2/c1-14(2)22-7-9-23(10-8-22)17-11-15(3)16(12-20-17)13-21-18(24)25-19(4,5)6/h11-12,14H,7-10,13H2,1-6H3,(H,21,24). The maximum Gasteiger partial charge on any atom is 0.407 e. The largest absolute Gasteiger partial charge is 0.444 e. The number of hydrogen-bond acceptors (Lipinski definition) is 5. The molecule has 0 atom stereocenters. The van der Waals surface area contributed by atoms with Crippen LogP contribution in [0, 0.1) is 6.92 Å². The van der Waals surface area contributed by atoms with Gasteiger partial charge in [-0.25, -0.2) is 9.78 Å². The molecule has 0 spiro atoms. The number of alkyl carbamates (subject to hydrolysis) is 1. The number of aryl methyl sites for hydroxylation is 1. The van der Waals surface area contributed by atoms with E-state index in [1.54, 1.807) is 0 Å². The summed E-state index contributed by atoms with van der Waals surface area (Å²) >= 11 is 0. The number of pyridine rings is 1. The van der Waals surface area contributed by atoms with Gasteiger partial charge in [-0.1, -0.05) is 0 Å². The van der Waals surface area contributed by atoms with E-state index in [0.717, 1.165) is 43.1 Å². The lowest BCUT2D eigenvalue weighted by Crippen LogP contribution is -2.49. The van der Waals surface area contributed by atoms with Crippen LogP contribution in [0.3, 0.4) is 0 Å². The molecule has 0 radical (unpaired) electrons. The Morgan fingerprint density at radius 2 is 1.92 bits per heavy atom. The fraction of sp³-hybridized carbons (Fsp3) is 0.684. The molecular formula is C19H32N4O2. The highest BCUT2D eigenvalue weighted by Crippen LogP contribution is 2.18. The molecule has 1 N–H and O–H groups in total. The van der Waals surface area contributed by atoms with Crippen LogP contribution >= 0.6 is 0 Å². The van der Waals surface area contributed by atoms with Crippen LogP contribution in [0.25, 0.3) is 0 Å².